The zero-order valence-corrected chi connectivity index (χ0v) is 16.4. The Hall–Kier alpha value is -1.58. The Morgan fingerprint density at radius 2 is 2.04 bits per heavy atom. The van der Waals surface area contributed by atoms with Gasteiger partial charge in [0, 0.05) is 11.8 Å². The molecule has 0 aliphatic heterocycles. The van der Waals surface area contributed by atoms with Gasteiger partial charge in [0.2, 0.25) is 5.78 Å². The maximum absolute atomic E-state index is 13.1. The highest BCUT2D eigenvalue weighted by atomic mass is 16.3. The molecule has 3 unspecified atom stereocenters. The van der Waals surface area contributed by atoms with Gasteiger partial charge in [0.15, 0.2) is 5.78 Å². The number of fused-ring (bicyclic) bond motifs is 5. The summed E-state index contributed by atoms with van der Waals surface area (Å²) in [5.74, 6) is 1.26. The van der Waals surface area contributed by atoms with Gasteiger partial charge in [-0.15, -0.1) is 0 Å². The Bertz CT molecular complexity index is 751. The Kier molecular flexibility index (Phi) is 4.51. The number of nitrogens with zero attached hydrogens (tertiary/aromatic N) is 2. The molecular formula is C22H30N2O3. The van der Waals surface area contributed by atoms with E-state index < -0.39 is 11.5 Å². The van der Waals surface area contributed by atoms with Crippen molar-refractivity contribution < 1.29 is 19.5 Å². The fourth-order valence-corrected chi connectivity index (χ4v) is 7.61. The van der Waals surface area contributed by atoms with Crippen LogP contribution in [0.3, 0.4) is 0 Å². The molecule has 0 heterocycles. The van der Waals surface area contributed by atoms with E-state index in [1.54, 1.807) is 6.92 Å². The fraction of sp³-hybridized carbons (Fsp3) is 0.773. The van der Waals surface area contributed by atoms with Gasteiger partial charge < -0.3 is 10.6 Å². The van der Waals surface area contributed by atoms with Gasteiger partial charge in [-0.25, -0.2) is 0 Å². The third-order valence-electron chi connectivity index (χ3n) is 8.76. The first-order valence-corrected chi connectivity index (χ1v) is 10.5. The molecular weight excluding hydrogens is 340 g/mol. The van der Waals surface area contributed by atoms with Crippen LogP contribution in [0.5, 0.6) is 0 Å². The number of carbonyl (C=O) groups is 2. The van der Waals surface area contributed by atoms with Gasteiger partial charge >= 0.3 is 6.21 Å². The number of rotatable bonds is 3. The van der Waals surface area contributed by atoms with E-state index >= 15 is 0 Å². The highest BCUT2D eigenvalue weighted by Gasteiger charge is 2.64. The molecule has 0 aromatic rings. The summed E-state index contributed by atoms with van der Waals surface area (Å²) in [6, 6.07) is 0. The monoisotopic (exact) mass is 370 g/mol. The lowest BCUT2D eigenvalue weighted by Gasteiger charge is -2.58. The van der Waals surface area contributed by atoms with Crippen molar-refractivity contribution in [2.45, 2.75) is 71.3 Å². The molecule has 1 N–H and O–H groups in total. The van der Waals surface area contributed by atoms with E-state index in [2.05, 4.69) is 11.7 Å². The second-order valence-electron chi connectivity index (χ2n) is 9.58. The summed E-state index contributed by atoms with van der Waals surface area (Å²) < 4.78 is 0. The molecule has 5 heteroatoms. The second-order valence-corrected chi connectivity index (χ2v) is 9.58. The zero-order valence-electron chi connectivity index (χ0n) is 16.4. The number of ketones is 2. The van der Waals surface area contributed by atoms with Gasteiger partial charge in [0.1, 0.15) is 0 Å². The Labute approximate surface area is 160 Å². The molecule has 0 aromatic heterocycles. The molecule has 4 aliphatic rings. The maximum Gasteiger partial charge on any atom is 0.323 e. The van der Waals surface area contributed by atoms with Crippen molar-refractivity contribution in [2.24, 2.45) is 34.5 Å². The zero-order chi connectivity index (χ0) is 19.4. The van der Waals surface area contributed by atoms with Crippen LogP contribution in [-0.2, 0) is 9.59 Å². The van der Waals surface area contributed by atoms with Gasteiger partial charge in [-0.05, 0) is 87.0 Å². The van der Waals surface area contributed by atoms with E-state index in [9.17, 15) is 14.7 Å². The van der Waals surface area contributed by atoms with Crippen molar-refractivity contribution in [1.29, 1.82) is 0 Å². The standard InChI is InChI=1S/C22H30N2O3/c1-13(25)17-5-6-19-16-4-3-14-11-15(26)7-9-21(14,2)18(16)8-10-22(17,19)20(27)12-24-23/h11-13,16-19,25H,3-10H2,1-2H3/t13-,16-,17?,18+,19+,21?,22?/m1/s1. The SMILES string of the molecule is C[C@@H](O)C1CC[C@H]2[C@@H]3CCC4=CC(=O)CCC4(C)[C@H]3CCC12C(=O)C=[N+]=[N-]. The molecule has 5 nitrogen and oxygen atoms in total. The normalized spacial score (nSPS) is 44.3. The van der Waals surface area contributed by atoms with Crippen LogP contribution in [0, 0.1) is 34.5 Å². The average molecular weight is 370 g/mol. The van der Waals surface area contributed by atoms with E-state index in [4.69, 9.17) is 5.53 Å². The van der Waals surface area contributed by atoms with Crippen LogP contribution in [0.15, 0.2) is 11.6 Å². The minimum absolute atomic E-state index is 0.0633. The van der Waals surface area contributed by atoms with Gasteiger partial charge in [-0.1, -0.05) is 12.5 Å². The van der Waals surface area contributed by atoms with Crippen LogP contribution in [0.1, 0.15) is 65.2 Å². The largest absolute Gasteiger partial charge is 0.393 e. The summed E-state index contributed by atoms with van der Waals surface area (Å²) in [5, 5.41) is 10.4. The first-order valence-electron chi connectivity index (χ1n) is 10.5. The van der Waals surface area contributed by atoms with Crippen molar-refractivity contribution in [1.82, 2.24) is 0 Å². The summed E-state index contributed by atoms with van der Waals surface area (Å²) in [7, 11) is 0. The van der Waals surface area contributed by atoms with Crippen molar-refractivity contribution in [3.8, 4) is 0 Å². The molecule has 3 saturated carbocycles. The molecule has 27 heavy (non-hydrogen) atoms. The average Bonchev–Trinajstić information content (AvgIpc) is 3.03. The van der Waals surface area contributed by atoms with E-state index in [0.29, 0.717) is 18.3 Å². The topological polar surface area (TPSA) is 90.8 Å². The van der Waals surface area contributed by atoms with Gasteiger partial charge in [0.05, 0.1) is 6.10 Å². The van der Waals surface area contributed by atoms with Gasteiger partial charge in [-0.2, -0.15) is 4.79 Å². The van der Waals surface area contributed by atoms with Crippen LogP contribution in [0.4, 0.5) is 0 Å². The van der Waals surface area contributed by atoms with Crippen molar-refractivity contribution in [3.63, 3.8) is 0 Å². The number of aliphatic hydroxyl groups is 1. The first kappa shape index (κ1) is 18.8. The maximum atomic E-state index is 13.1. The molecule has 0 radical (unpaired) electrons. The van der Waals surface area contributed by atoms with E-state index in [1.807, 2.05) is 6.08 Å². The van der Waals surface area contributed by atoms with Crippen LogP contribution in [-0.4, -0.2) is 33.8 Å². The van der Waals surface area contributed by atoms with Gasteiger partial charge in [-0.3, -0.25) is 9.59 Å². The highest BCUT2D eigenvalue weighted by Crippen LogP contribution is 2.67. The third-order valence-corrected chi connectivity index (χ3v) is 8.76. The quantitative estimate of drug-likeness (QED) is 0.469. The first-order chi connectivity index (χ1) is 12.8. The third kappa shape index (κ3) is 2.55. The molecule has 4 aliphatic carbocycles. The molecule has 0 saturated heterocycles. The lowest BCUT2D eigenvalue weighted by Crippen LogP contribution is -2.55. The Morgan fingerprint density at radius 1 is 1.26 bits per heavy atom. The summed E-state index contributed by atoms with van der Waals surface area (Å²) in [5.41, 5.74) is 9.80. The smallest absolute Gasteiger partial charge is 0.323 e. The number of hydrogen-bond donors (Lipinski definition) is 1. The van der Waals surface area contributed by atoms with Crippen molar-refractivity contribution >= 4 is 17.8 Å². The predicted octanol–water partition coefficient (Wildman–Crippen LogP) is 3.37. The van der Waals surface area contributed by atoms with Crippen LogP contribution >= 0.6 is 0 Å². The Morgan fingerprint density at radius 3 is 2.74 bits per heavy atom. The predicted molar refractivity (Wildman–Crippen MR) is 101 cm³/mol. The number of aliphatic hydroxyl groups excluding tert-OH is 1. The van der Waals surface area contributed by atoms with Crippen molar-refractivity contribution in [3.05, 3.63) is 17.2 Å². The van der Waals surface area contributed by atoms with E-state index in [-0.39, 0.29) is 28.8 Å². The lowest BCUT2D eigenvalue weighted by molar-refractivity contribution is -0.144. The molecule has 4 rings (SSSR count). The Balaban J connectivity index is 1.74. The summed E-state index contributed by atoms with van der Waals surface area (Å²) >= 11 is 0. The van der Waals surface area contributed by atoms with Crippen LogP contribution < -0.4 is 0 Å². The van der Waals surface area contributed by atoms with Crippen LogP contribution in [0.25, 0.3) is 5.53 Å². The number of Topliss-reactive ketones (excluding diaryl/α,β-unsaturated/α-hetero) is 1. The lowest BCUT2D eigenvalue weighted by atomic mass is 9.45. The number of allylic oxidation sites excluding steroid dienone is 1. The molecule has 146 valence electrons. The summed E-state index contributed by atoms with van der Waals surface area (Å²) in [6.07, 6.45) is 9.44. The molecule has 0 amide bonds. The highest BCUT2D eigenvalue weighted by molar-refractivity contribution is 6.28. The van der Waals surface area contributed by atoms with Gasteiger partial charge in [0.25, 0.3) is 0 Å². The molecule has 0 aromatic carbocycles. The fourth-order valence-electron chi connectivity index (χ4n) is 7.61. The minimum atomic E-state index is -0.594. The second kappa shape index (κ2) is 6.49. The summed E-state index contributed by atoms with van der Waals surface area (Å²) in [6.45, 7) is 4.12. The minimum Gasteiger partial charge on any atom is -0.393 e. The molecule has 7 atom stereocenters. The van der Waals surface area contributed by atoms with Crippen LogP contribution in [0.2, 0.25) is 0 Å². The van der Waals surface area contributed by atoms with E-state index in [1.165, 1.54) is 5.57 Å². The summed E-state index contributed by atoms with van der Waals surface area (Å²) in [4.78, 5) is 28.1. The van der Waals surface area contributed by atoms with E-state index in [0.717, 1.165) is 51.2 Å². The van der Waals surface area contributed by atoms with Crippen molar-refractivity contribution in [2.75, 3.05) is 0 Å². The number of hydrogen-bond acceptors (Lipinski definition) is 3. The molecule has 0 spiro atoms. The molecule has 3 fully saturated rings. The molecule has 0 bridgehead atoms. The number of carbonyl (C=O) groups excluding carboxylic acids is 2.